The van der Waals surface area contributed by atoms with E-state index in [1.165, 1.54) is 16.4 Å². The molecule has 1 aliphatic heterocycles. The number of nitrogens with zero attached hydrogens (tertiary/aromatic N) is 1. The van der Waals surface area contributed by atoms with Crippen LogP contribution in [0.4, 0.5) is 0 Å². The molecule has 0 amide bonds. The first-order valence-electron chi connectivity index (χ1n) is 5.98. The standard InChI is InChI=1S/C12H17NO4S/c14-9-10-5-3-4-8-13(10)18(16,17)12-7-2-1-6-11(12)15/h1-2,6-7,10,14-15H,3-5,8-9H2. The van der Waals surface area contributed by atoms with Gasteiger partial charge in [0.1, 0.15) is 10.6 Å². The summed E-state index contributed by atoms with van der Waals surface area (Å²) in [5.41, 5.74) is 0. The molecular weight excluding hydrogens is 254 g/mol. The van der Waals surface area contributed by atoms with Crippen molar-refractivity contribution in [2.75, 3.05) is 13.2 Å². The number of hydrogen-bond donors (Lipinski definition) is 2. The highest BCUT2D eigenvalue weighted by molar-refractivity contribution is 7.89. The van der Waals surface area contributed by atoms with Gasteiger partial charge in [0, 0.05) is 12.6 Å². The highest BCUT2D eigenvalue weighted by Crippen LogP contribution is 2.29. The molecule has 0 aliphatic carbocycles. The molecule has 1 saturated heterocycles. The van der Waals surface area contributed by atoms with Gasteiger partial charge in [-0.25, -0.2) is 8.42 Å². The predicted molar refractivity (Wildman–Crippen MR) is 66.7 cm³/mol. The molecule has 2 N–H and O–H groups in total. The molecule has 0 radical (unpaired) electrons. The Morgan fingerprint density at radius 1 is 1.28 bits per heavy atom. The van der Waals surface area contributed by atoms with Crippen LogP contribution in [-0.4, -0.2) is 42.1 Å². The van der Waals surface area contributed by atoms with Crippen LogP contribution in [-0.2, 0) is 10.0 Å². The van der Waals surface area contributed by atoms with Gasteiger partial charge in [-0.2, -0.15) is 4.31 Å². The molecule has 0 bridgehead atoms. The van der Waals surface area contributed by atoms with E-state index < -0.39 is 10.0 Å². The van der Waals surface area contributed by atoms with Crippen molar-refractivity contribution in [1.82, 2.24) is 4.31 Å². The molecule has 2 rings (SSSR count). The largest absolute Gasteiger partial charge is 0.507 e. The van der Waals surface area contributed by atoms with E-state index in [4.69, 9.17) is 0 Å². The lowest BCUT2D eigenvalue weighted by molar-refractivity contribution is 0.155. The van der Waals surface area contributed by atoms with Crippen molar-refractivity contribution >= 4 is 10.0 Å². The van der Waals surface area contributed by atoms with Crippen LogP contribution in [0.3, 0.4) is 0 Å². The van der Waals surface area contributed by atoms with E-state index in [-0.39, 0.29) is 23.3 Å². The Labute approximate surface area is 107 Å². The summed E-state index contributed by atoms with van der Waals surface area (Å²) >= 11 is 0. The maximum Gasteiger partial charge on any atom is 0.247 e. The van der Waals surface area contributed by atoms with E-state index in [9.17, 15) is 18.6 Å². The lowest BCUT2D eigenvalue weighted by Crippen LogP contribution is -2.45. The van der Waals surface area contributed by atoms with E-state index in [2.05, 4.69) is 0 Å². The number of aliphatic hydroxyl groups excluding tert-OH is 1. The van der Waals surface area contributed by atoms with Gasteiger partial charge in [-0.1, -0.05) is 18.6 Å². The second kappa shape index (κ2) is 5.26. The van der Waals surface area contributed by atoms with Crippen molar-refractivity contribution < 1.29 is 18.6 Å². The van der Waals surface area contributed by atoms with Gasteiger partial charge < -0.3 is 10.2 Å². The van der Waals surface area contributed by atoms with E-state index >= 15 is 0 Å². The molecule has 0 saturated carbocycles. The quantitative estimate of drug-likeness (QED) is 0.857. The van der Waals surface area contributed by atoms with E-state index in [1.807, 2.05) is 0 Å². The maximum atomic E-state index is 12.4. The van der Waals surface area contributed by atoms with Crippen molar-refractivity contribution in [3.05, 3.63) is 24.3 Å². The van der Waals surface area contributed by atoms with Gasteiger partial charge in [-0.05, 0) is 25.0 Å². The molecule has 0 spiro atoms. The summed E-state index contributed by atoms with van der Waals surface area (Å²) in [7, 11) is -3.73. The van der Waals surface area contributed by atoms with E-state index in [0.717, 1.165) is 12.8 Å². The smallest absolute Gasteiger partial charge is 0.247 e. The van der Waals surface area contributed by atoms with Gasteiger partial charge in [-0.3, -0.25) is 0 Å². The molecule has 1 aromatic rings. The fourth-order valence-electron chi connectivity index (χ4n) is 2.27. The van der Waals surface area contributed by atoms with Gasteiger partial charge in [0.05, 0.1) is 6.61 Å². The van der Waals surface area contributed by atoms with E-state index in [1.54, 1.807) is 12.1 Å². The molecule has 1 aliphatic rings. The molecule has 1 aromatic carbocycles. The second-order valence-electron chi connectivity index (χ2n) is 4.42. The molecule has 1 heterocycles. The van der Waals surface area contributed by atoms with Gasteiger partial charge in [-0.15, -0.1) is 0 Å². The minimum Gasteiger partial charge on any atom is -0.507 e. The molecule has 0 aromatic heterocycles. The van der Waals surface area contributed by atoms with E-state index in [0.29, 0.717) is 13.0 Å². The van der Waals surface area contributed by atoms with Crippen LogP contribution in [0.1, 0.15) is 19.3 Å². The monoisotopic (exact) mass is 271 g/mol. The summed E-state index contributed by atoms with van der Waals surface area (Å²) < 4.78 is 26.2. The SMILES string of the molecule is O=S(=O)(c1ccccc1O)N1CCCCC1CO. The Morgan fingerprint density at radius 3 is 2.67 bits per heavy atom. The molecule has 1 fully saturated rings. The molecule has 5 nitrogen and oxygen atoms in total. The van der Waals surface area contributed by atoms with Crippen molar-refractivity contribution in [2.45, 2.75) is 30.2 Å². The van der Waals surface area contributed by atoms with Gasteiger partial charge in [0.15, 0.2) is 0 Å². The Balaban J connectivity index is 2.39. The number of para-hydroxylation sites is 1. The normalized spacial score (nSPS) is 21.9. The first-order chi connectivity index (χ1) is 8.57. The van der Waals surface area contributed by atoms with Gasteiger partial charge >= 0.3 is 0 Å². The Kier molecular flexibility index (Phi) is 3.89. The van der Waals surface area contributed by atoms with Crippen molar-refractivity contribution in [3.8, 4) is 5.75 Å². The number of aromatic hydroxyl groups is 1. The minimum atomic E-state index is -3.73. The topological polar surface area (TPSA) is 77.8 Å². The van der Waals surface area contributed by atoms with Gasteiger partial charge in [0.2, 0.25) is 10.0 Å². The highest BCUT2D eigenvalue weighted by Gasteiger charge is 2.34. The third-order valence-electron chi connectivity index (χ3n) is 3.24. The summed E-state index contributed by atoms with van der Waals surface area (Å²) in [6.45, 7) is 0.203. The zero-order valence-corrected chi connectivity index (χ0v) is 10.8. The molecule has 100 valence electrons. The van der Waals surface area contributed by atoms with Crippen LogP contribution in [0.2, 0.25) is 0 Å². The number of hydrogen-bond acceptors (Lipinski definition) is 4. The second-order valence-corrected chi connectivity index (χ2v) is 6.27. The van der Waals surface area contributed by atoms with Crippen LogP contribution in [0.25, 0.3) is 0 Å². The number of sulfonamides is 1. The van der Waals surface area contributed by atoms with Gasteiger partial charge in [0.25, 0.3) is 0 Å². The number of rotatable bonds is 3. The Morgan fingerprint density at radius 2 is 2.00 bits per heavy atom. The summed E-state index contributed by atoms with van der Waals surface area (Å²) in [5, 5.41) is 18.9. The molecular formula is C12H17NO4S. The minimum absolute atomic E-state index is 0.0923. The number of phenolic OH excluding ortho intramolecular Hbond substituents is 1. The third kappa shape index (κ3) is 2.36. The Bertz CT molecular complexity index is 515. The number of benzene rings is 1. The van der Waals surface area contributed by atoms with Crippen molar-refractivity contribution in [1.29, 1.82) is 0 Å². The molecule has 18 heavy (non-hydrogen) atoms. The summed E-state index contributed by atoms with van der Waals surface area (Å²) in [5.74, 6) is -0.250. The fraction of sp³-hybridized carbons (Fsp3) is 0.500. The maximum absolute atomic E-state index is 12.4. The van der Waals surface area contributed by atoms with Crippen LogP contribution < -0.4 is 0 Å². The summed E-state index contributed by atoms with van der Waals surface area (Å²) in [6.07, 6.45) is 2.35. The van der Waals surface area contributed by atoms with Crippen molar-refractivity contribution in [3.63, 3.8) is 0 Å². The molecule has 6 heteroatoms. The van der Waals surface area contributed by atoms with Crippen LogP contribution in [0.5, 0.6) is 5.75 Å². The summed E-state index contributed by atoms with van der Waals surface area (Å²) in [6, 6.07) is 5.50. The number of aliphatic hydroxyl groups is 1. The lowest BCUT2D eigenvalue weighted by Gasteiger charge is -2.33. The predicted octanol–water partition coefficient (Wildman–Crippen LogP) is 0.928. The number of piperidine rings is 1. The first kappa shape index (κ1) is 13.3. The van der Waals surface area contributed by atoms with Crippen LogP contribution in [0.15, 0.2) is 29.2 Å². The zero-order valence-electron chi connectivity index (χ0n) is 9.99. The zero-order chi connectivity index (χ0) is 13.2. The lowest BCUT2D eigenvalue weighted by atomic mass is 10.1. The molecule has 1 unspecified atom stereocenters. The first-order valence-corrected chi connectivity index (χ1v) is 7.42. The van der Waals surface area contributed by atoms with Crippen molar-refractivity contribution in [2.24, 2.45) is 0 Å². The number of phenols is 1. The average Bonchev–Trinajstić information content (AvgIpc) is 2.39. The van der Waals surface area contributed by atoms with Crippen LogP contribution in [0, 0.1) is 0 Å². The highest BCUT2D eigenvalue weighted by atomic mass is 32.2. The average molecular weight is 271 g/mol. The molecule has 1 atom stereocenters. The van der Waals surface area contributed by atoms with Crippen LogP contribution >= 0.6 is 0 Å². The summed E-state index contributed by atoms with van der Waals surface area (Å²) in [4.78, 5) is -0.0923. The third-order valence-corrected chi connectivity index (χ3v) is 5.23. The fourth-order valence-corrected chi connectivity index (χ4v) is 4.04. The Hall–Kier alpha value is -1.11.